The Morgan fingerprint density at radius 3 is 2.68 bits per heavy atom. The molecule has 0 bridgehead atoms. The lowest BCUT2D eigenvalue weighted by molar-refractivity contribution is -0.154. The van der Waals surface area contributed by atoms with Gasteiger partial charge in [0.05, 0.1) is 17.9 Å². The van der Waals surface area contributed by atoms with Crippen molar-refractivity contribution in [1.82, 2.24) is 4.98 Å². The molecule has 106 valence electrons. The van der Waals surface area contributed by atoms with Gasteiger partial charge in [0.1, 0.15) is 0 Å². The second-order valence-electron chi connectivity index (χ2n) is 3.79. The van der Waals surface area contributed by atoms with Gasteiger partial charge in [-0.15, -0.1) is 0 Å². The maximum atomic E-state index is 11.9. The first kappa shape index (κ1) is 15.2. The van der Waals surface area contributed by atoms with Crippen LogP contribution in [0.1, 0.15) is 13.3 Å². The fourth-order valence-electron chi connectivity index (χ4n) is 1.12. The fourth-order valence-corrected chi connectivity index (χ4v) is 1.12. The summed E-state index contributed by atoms with van der Waals surface area (Å²) in [6.07, 6.45) is -2.74. The molecule has 0 aliphatic carbocycles. The molecule has 0 fully saturated rings. The molecule has 1 heterocycles. The van der Waals surface area contributed by atoms with Gasteiger partial charge in [0.25, 0.3) is 0 Å². The Hall–Kier alpha value is -1.83. The van der Waals surface area contributed by atoms with Crippen LogP contribution >= 0.6 is 0 Å². The van der Waals surface area contributed by atoms with Gasteiger partial charge in [-0.3, -0.25) is 4.79 Å². The van der Waals surface area contributed by atoms with Crippen LogP contribution in [-0.2, 0) is 4.79 Å². The van der Waals surface area contributed by atoms with E-state index in [1.165, 1.54) is 18.3 Å². The van der Waals surface area contributed by atoms with Crippen molar-refractivity contribution in [3.63, 3.8) is 0 Å². The van der Waals surface area contributed by atoms with E-state index in [9.17, 15) is 18.0 Å². The molecular formula is C11H14F3N3O2. The van der Waals surface area contributed by atoms with E-state index < -0.39 is 18.8 Å². The highest BCUT2D eigenvalue weighted by molar-refractivity contribution is 5.94. The number of halogens is 3. The van der Waals surface area contributed by atoms with E-state index in [-0.39, 0.29) is 11.8 Å². The Labute approximate surface area is 108 Å². The number of anilines is 1. The molecule has 0 aliphatic heterocycles. The number of nitrogens with one attached hydrogen (secondary N) is 1. The largest absolute Gasteiger partial charge is 0.468 e. The number of aromatic nitrogens is 1. The fraction of sp³-hybridized carbons (Fsp3) is 0.455. The van der Waals surface area contributed by atoms with Gasteiger partial charge in [0, 0.05) is 6.07 Å². The molecule has 0 saturated heterocycles. The molecule has 1 rings (SSSR count). The Bertz CT molecular complexity index is 420. The summed E-state index contributed by atoms with van der Waals surface area (Å²) in [5.74, 6) is -0.552. The predicted octanol–water partition coefficient (Wildman–Crippen LogP) is 1.70. The SMILES string of the molecule is CC[C@H](N)C(=O)Nc1ccc(OCC(F)(F)F)nc1. The van der Waals surface area contributed by atoms with Gasteiger partial charge < -0.3 is 15.8 Å². The number of hydrogen-bond donors (Lipinski definition) is 2. The van der Waals surface area contributed by atoms with Crippen molar-refractivity contribution >= 4 is 11.6 Å². The number of carbonyl (C=O) groups excluding carboxylic acids is 1. The van der Waals surface area contributed by atoms with E-state index in [0.29, 0.717) is 12.1 Å². The van der Waals surface area contributed by atoms with E-state index in [1.807, 2.05) is 0 Å². The van der Waals surface area contributed by atoms with Crippen molar-refractivity contribution in [1.29, 1.82) is 0 Å². The van der Waals surface area contributed by atoms with Gasteiger partial charge in [-0.2, -0.15) is 13.2 Å². The summed E-state index contributed by atoms with van der Waals surface area (Å²) in [5, 5.41) is 2.49. The number of pyridine rings is 1. The molecule has 0 spiro atoms. The van der Waals surface area contributed by atoms with E-state index in [1.54, 1.807) is 6.92 Å². The highest BCUT2D eigenvalue weighted by atomic mass is 19.4. The number of carbonyl (C=O) groups is 1. The minimum atomic E-state index is -4.41. The first-order chi connectivity index (χ1) is 8.81. The van der Waals surface area contributed by atoms with Gasteiger partial charge >= 0.3 is 6.18 Å². The van der Waals surface area contributed by atoms with Crippen molar-refractivity contribution in [2.24, 2.45) is 5.73 Å². The van der Waals surface area contributed by atoms with Gasteiger partial charge in [0.2, 0.25) is 11.8 Å². The third kappa shape index (κ3) is 5.56. The van der Waals surface area contributed by atoms with Crippen molar-refractivity contribution in [2.75, 3.05) is 11.9 Å². The van der Waals surface area contributed by atoms with Crippen LogP contribution in [0.5, 0.6) is 5.88 Å². The molecule has 1 aromatic rings. The van der Waals surface area contributed by atoms with Crippen LogP contribution in [0.4, 0.5) is 18.9 Å². The molecule has 19 heavy (non-hydrogen) atoms. The Morgan fingerprint density at radius 1 is 1.53 bits per heavy atom. The maximum Gasteiger partial charge on any atom is 0.422 e. The van der Waals surface area contributed by atoms with E-state index in [2.05, 4.69) is 15.0 Å². The van der Waals surface area contributed by atoms with Gasteiger partial charge in [-0.1, -0.05) is 6.92 Å². The molecule has 5 nitrogen and oxygen atoms in total. The number of rotatable bonds is 5. The summed E-state index contributed by atoms with van der Waals surface area (Å²) in [6, 6.07) is 1.99. The molecule has 1 amide bonds. The van der Waals surface area contributed by atoms with Crippen LogP contribution in [0.3, 0.4) is 0 Å². The predicted molar refractivity (Wildman–Crippen MR) is 62.7 cm³/mol. The van der Waals surface area contributed by atoms with E-state index in [4.69, 9.17) is 5.73 Å². The molecule has 8 heteroatoms. The standard InChI is InChI=1S/C11H14F3N3O2/c1-2-8(15)10(18)17-7-3-4-9(16-5-7)19-6-11(12,13)14/h3-5,8H,2,6,15H2,1H3,(H,17,18)/t8-/m0/s1. The maximum absolute atomic E-state index is 11.9. The van der Waals surface area contributed by atoms with Crippen molar-refractivity contribution in [3.05, 3.63) is 18.3 Å². The lowest BCUT2D eigenvalue weighted by Crippen LogP contribution is -2.34. The van der Waals surface area contributed by atoms with Crippen molar-refractivity contribution in [3.8, 4) is 5.88 Å². The first-order valence-corrected chi connectivity index (χ1v) is 5.54. The number of hydrogen-bond acceptors (Lipinski definition) is 4. The van der Waals surface area contributed by atoms with E-state index in [0.717, 1.165) is 0 Å². The van der Waals surface area contributed by atoms with E-state index >= 15 is 0 Å². The second kappa shape index (κ2) is 6.37. The van der Waals surface area contributed by atoms with Crippen LogP contribution < -0.4 is 15.8 Å². The number of nitrogens with zero attached hydrogens (tertiary/aromatic N) is 1. The normalized spacial score (nSPS) is 12.9. The van der Waals surface area contributed by atoms with Gasteiger partial charge in [0.15, 0.2) is 6.61 Å². The molecule has 1 aromatic heterocycles. The molecule has 3 N–H and O–H groups in total. The molecule has 1 atom stereocenters. The Morgan fingerprint density at radius 2 is 2.21 bits per heavy atom. The number of amides is 1. The summed E-state index contributed by atoms with van der Waals surface area (Å²) in [4.78, 5) is 15.1. The number of alkyl halides is 3. The van der Waals surface area contributed by atoms with Crippen LogP contribution in [0, 0.1) is 0 Å². The zero-order valence-corrected chi connectivity index (χ0v) is 10.2. The molecule has 0 saturated carbocycles. The lowest BCUT2D eigenvalue weighted by Gasteiger charge is -2.11. The molecule has 0 unspecified atom stereocenters. The zero-order chi connectivity index (χ0) is 14.5. The van der Waals surface area contributed by atoms with Crippen molar-refractivity contribution < 1.29 is 22.7 Å². The van der Waals surface area contributed by atoms with Gasteiger partial charge in [-0.05, 0) is 12.5 Å². The second-order valence-corrected chi connectivity index (χ2v) is 3.79. The third-order valence-electron chi connectivity index (χ3n) is 2.16. The summed E-state index contributed by atoms with van der Waals surface area (Å²) >= 11 is 0. The lowest BCUT2D eigenvalue weighted by atomic mass is 10.2. The summed E-state index contributed by atoms with van der Waals surface area (Å²) < 4.78 is 40.1. The quantitative estimate of drug-likeness (QED) is 0.858. The summed E-state index contributed by atoms with van der Waals surface area (Å²) in [5.41, 5.74) is 5.85. The monoisotopic (exact) mass is 277 g/mol. The highest BCUT2D eigenvalue weighted by Crippen LogP contribution is 2.18. The Kier molecular flexibility index (Phi) is 5.11. The smallest absolute Gasteiger partial charge is 0.422 e. The minimum Gasteiger partial charge on any atom is -0.468 e. The number of ether oxygens (including phenoxy) is 1. The summed E-state index contributed by atoms with van der Waals surface area (Å²) in [7, 11) is 0. The average molecular weight is 277 g/mol. The minimum absolute atomic E-state index is 0.171. The molecule has 0 aliphatic rings. The topological polar surface area (TPSA) is 77.2 Å². The van der Waals surface area contributed by atoms with Crippen LogP contribution in [0.15, 0.2) is 18.3 Å². The third-order valence-corrected chi connectivity index (χ3v) is 2.16. The molecule has 0 aromatic carbocycles. The average Bonchev–Trinajstić information content (AvgIpc) is 2.36. The summed E-state index contributed by atoms with van der Waals surface area (Å²) in [6.45, 7) is 0.350. The van der Waals surface area contributed by atoms with Gasteiger partial charge in [-0.25, -0.2) is 4.98 Å². The Balaban J connectivity index is 2.54. The van der Waals surface area contributed by atoms with Crippen LogP contribution in [0.2, 0.25) is 0 Å². The molecule has 0 radical (unpaired) electrons. The molecular weight excluding hydrogens is 263 g/mol. The van der Waals surface area contributed by atoms with Crippen molar-refractivity contribution in [2.45, 2.75) is 25.6 Å². The highest BCUT2D eigenvalue weighted by Gasteiger charge is 2.28. The van der Waals surface area contributed by atoms with Crippen LogP contribution in [0.25, 0.3) is 0 Å². The van der Waals surface area contributed by atoms with Crippen LogP contribution in [-0.4, -0.2) is 29.7 Å². The first-order valence-electron chi connectivity index (χ1n) is 5.54. The zero-order valence-electron chi connectivity index (χ0n) is 10.2. The number of nitrogens with two attached hydrogens (primary N) is 1.